The molecule has 0 aliphatic heterocycles. The lowest BCUT2D eigenvalue weighted by Gasteiger charge is -2.34. The number of aromatic nitrogens is 2. The molecule has 154 valence electrons. The number of halogens is 2. The van der Waals surface area contributed by atoms with E-state index >= 15 is 0 Å². The maximum atomic E-state index is 10.4. The normalized spacial score (nSPS) is 14.4. The van der Waals surface area contributed by atoms with E-state index < -0.39 is 0 Å². The third-order valence-corrected chi connectivity index (χ3v) is 5.67. The van der Waals surface area contributed by atoms with Gasteiger partial charge in [-0.05, 0) is 56.2 Å². The van der Waals surface area contributed by atoms with Crippen LogP contribution in [0.3, 0.4) is 0 Å². The number of aromatic hydroxyl groups is 1. The topological polar surface area (TPSA) is 61.3 Å². The molecule has 0 bridgehead atoms. The highest BCUT2D eigenvalue weighted by atomic mass is 35.5. The average Bonchev–Trinajstić information content (AvgIpc) is 2.72. The number of nitrogens with one attached hydrogen (secondary N) is 1. The van der Waals surface area contributed by atoms with Crippen molar-refractivity contribution in [3.8, 4) is 5.75 Å². The highest BCUT2D eigenvalue weighted by Crippen LogP contribution is 2.33. The summed E-state index contributed by atoms with van der Waals surface area (Å²) in [6.07, 6.45) is 6.12. The molecule has 0 amide bonds. The molecule has 1 aromatic heterocycles. The Balaban J connectivity index is 0.00000240. The molecule has 0 unspecified atom stereocenters. The van der Waals surface area contributed by atoms with Crippen molar-refractivity contribution in [2.45, 2.75) is 45.1 Å². The van der Waals surface area contributed by atoms with Crippen molar-refractivity contribution < 1.29 is 5.11 Å². The molecule has 5 nitrogen and oxygen atoms in total. The minimum atomic E-state index is 0. The molecule has 2 aromatic carbocycles. The van der Waals surface area contributed by atoms with Crippen molar-refractivity contribution in [3.05, 3.63) is 47.5 Å². The van der Waals surface area contributed by atoms with Gasteiger partial charge in [-0.25, -0.2) is 4.98 Å². The number of nitrogens with zero attached hydrogens (tertiary/aromatic N) is 3. The first-order valence-corrected chi connectivity index (χ1v) is 10.3. The Morgan fingerprint density at radius 2 is 1.79 bits per heavy atom. The number of anilines is 3. The van der Waals surface area contributed by atoms with Gasteiger partial charge < -0.3 is 15.3 Å². The maximum Gasteiger partial charge on any atom is 0.228 e. The van der Waals surface area contributed by atoms with Crippen LogP contribution in [0.1, 0.15) is 39.0 Å². The Labute approximate surface area is 182 Å². The summed E-state index contributed by atoms with van der Waals surface area (Å²) in [6.45, 7) is 2.98. The average molecular weight is 433 g/mol. The van der Waals surface area contributed by atoms with Gasteiger partial charge in [-0.1, -0.05) is 36.9 Å². The van der Waals surface area contributed by atoms with Crippen molar-refractivity contribution >= 4 is 52.4 Å². The van der Waals surface area contributed by atoms with Gasteiger partial charge in [-0.3, -0.25) is 0 Å². The van der Waals surface area contributed by atoms with Crippen LogP contribution in [0.2, 0.25) is 5.02 Å². The van der Waals surface area contributed by atoms with E-state index in [0.717, 1.165) is 30.5 Å². The molecule has 0 saturated heterocycles. The predicted octanol–water partition coefficient (Wildman–Crippen LogP) is 6.31. The molecule has 7 heteroatoms. The lowest BCUT2D eigenvalue weighted by atomic mass is 9.94. The number of phenolic OH excluding ortho intramolecular Hbond substituents is 1. The Bertz CT molecular complexity index is 959. The van der Waals surface area contributed by atoms with Gasteiger partial charge in [-0.15, -0.1) is 12.4 Å². The zero-order valence-corrected chi connectivity index (χ0v) is 18.0. The summed E-state index contributed by atoms with van der Waals surface area (Å²) >= 11 is 6.01. The number of phenols is 1. The number of para-hydroxylation sites is 1. The first kappa shape index (κ1) is 21.5. The van der Waals surface area contributed by atoms with Gasteiger partial charge >= 0.3 is 0 Å². The highest BCUT2D eigenvalue weighted by molar-refractivity contribution is 6.30. The number of hydrogen-bond donors (Lipinski definition) is 2. The summed E-state index contributed by atoms with van der Waals surface area (Å²) < 4.78 is 0. The number of rotatable bonds is 5. The largest absolute Gasteiger partial charge is 0.506 e. The van der Waals surface area contributed by atoms with E-state index in [9.17, 15) is 5.11 Å². The minimum Gasteiger partial charge on any atom is -0.506 e. The lowest BCUT2D eigenvalue weighted by Crippen LogP contribution is -2.38. The van der Waals surface area contributed by atoms with Crippen LogP contribution in [0.15, 0.2) is 42.5 Å². The van der Waals surface area contributed by atoms with Gasteiger partial charge in [0.05, 0.1) is 0 Å². The molecule has 0 radical (unpaired) electrons. The fraction of sp³-hybridized carbons (Fsp3) is 0.364. The van der Waals surface area contributed by atoms with E-state index in [2.05, 4.69) is 17.1 Å². The van der Waals surface area contributed by atoms with Crippen LogP contribution in [-0.2, 0) is 0 Å². The van der Waals surface area contributed by atoms with E-state index in [1.807, 2.05) is 36.4 Å². The van der Waals surface area contributed by atoms with E-state index in [0.29, 0.717) is 28.3 Å². The van der Waals surface area contributed by atoms with E-state index in [-0.39, 0.29) is 18.2 Å². The van der Waals surface area contributed by atoms with Crippen LogP contribution in [0.5, 0.6) is 5.75 Å². The molecule has 1 aliphatic carbocycles. The minimum absolute atomic E-state index is 0. The fourth-order valence-electron chi connectivity index (χ4n) is 3.97. The predicted molar refractivity (Wildman–Crippen MR) is 123 cm³/mol. The molecule has 1 saturated carbocycles. The summed E-state index contributed by atoms with van der Waals surface area (Å²) in [6, 6.07) is 13.4. The molecule has 1 aliphatic rings. The molecule has 4 rings (SSSR count). The molecular formula is C22H26Cl2N4O. The lowest BCUT2D eigenvalue weighted by molar-refractivity contribution is 0.414. The molecule has 29 heavy (non-hydrogen) atoms. The maximum absolute atomic E-state index is 10.4. The third-order valence-electron chi connectivity index (χ3n) is 5.41. The van der Waals surface area contributed by atoms with E-state index in [1.165, 1.54) is 19.3 Å². The Morgan fingerprint density at radius 3 is 2.48 bits per heavy atom. The second-order valence-electron chi connectivity index (χ2n) is 7.26. The Kier molecular flexibility index (Phi) is 7.04. The fourth-order valence-corrected chi connectivity index (χ4v) is 4.10. The molecule has 0 spiro atoms. The first-order valence-electron chi connectivity index (χ1n) is 9.94. The summed E-state index contributed by atoms with van der Waals surface area (Å²) in [5.74, 6) is 1.52. The van der Waals surface area contributed by atoms with Crippen LogP contribution in [0, 0.1) is 0 Å². The highest BCUT2D eigenvalue weighted by Gasteiger charge is 2.23. The van der Waals surface area contributed by atoms with Crippen LogP contribution in [0.25, 0.3) is 10.9 Å². The van der Waals surface area contributed by atoms with Crippen molar-refractivity contribution in [1.29, 1.82) is 0 Å². The molecular weight excluding hydrogens is 407 g/mol. The van der Waals surface area contributed by atoms with Gasteiger partial charge in [-0.2, -0.15) is 4.98 Å². The zero-order valence-electron chi connectivity index (χ0n) is 16.4. The van der Waals surface area contributed by atoms with Gasteiger partial charge in [0, 0.05) is 28.7 Å². The van der Waals surface area contributed by atoms with E-state index in [1.54, 1.807) is 6.07 Å². The summed E-state index contributed by atoms with van der Waals surface area (Å²) in [5.41, 5.74) is 1.46. The molecule has 3 aromatic rings. The van der Waals surface area contributed by atoms with Crippen LogP contribution < -0.4 is 10.2 Å². The SMILES string of the molecule is CCN(c1nc(Nc2ccc(Cl)cc2)c2cccc(O)c2n1)C1CCCCC1.Cl. The van der Waals surface area contributed by atoms with Gasteiger partial charge in [0.1, 0.15) is 17.1 Å². The van der Waals surface area contributed by atoms with Gasteiger partial charge in [0.2, 0.25) is 5.95 Å². The Hall–Kier alpha value is -2.24. The van der Waals surface area contributed by atoms with Crippen molar-refractivity contribution in [3.63, 3.8) is 0 Å². The molecule has 0 atom stereocenters. The van der Waals surface area contributed by atoms with Crippen molar-refractivity contribution in [2.24, 2.45) is 0 Å². The van der Waals surface area contributed by atoms with Crippen molar-refractivity contribution in [1.82, 2.24) is 9.97 Å². The number of fused-ring (bicyclic) bond motifs is 1. The monoisotopic (exact) mass is 432 g/mol. The third kappa shape index (κ3) is 4.68. The smallest absolute Gasteiger partial charge is 0.228 e. The molecule has 2 N–H and O–H groups in total. The standard InChI is InChI=1S/C22H25ClN4O.ClH/c1-2-27(17-7-4-3-5-8-17)22-25-20-18(9-6-10-19(20)28)21(26-22)24-16-13-11-15(23)12-14-16;/h6,9-14,17,28H,2-5,7-8H2,1H3,(H,24,25,26);1H. The number of benzene rings is 2. The molecule has 1 fully saturated rings. The summed E-state index contributed by atoms with van der Waals surface area (Å²) in [7, 11) is 0. The molecule has 1 heterocycles. The quantitative estimate of drug-likeness (QED) is 0.494. The zero-order chi connectivity index (χ0) is 19.5. The van der Waals surface area contributed by atoms with Gasteiger partial charge in [0.25, 0.3) is 0 Å². The summed E-state index contributed by atoms with van der Waals surface area (Å²) in [4.78, 5) is 11.9. The van der Waals surface area contributed by atoms with Crippen molar-refractivity contribution in [2.75, 3.05) is 16.8 Å². The second-order valence-corrected chi connectivity index (χ2v) is 7.69. The van der Waals surface area contributed by atoms with Crippen LogP contribution in [0.4, 0.5) is 17.5 Å². The number of hydrogen-bond acceptors (Lipinski definition) is 5. The Morgan fingerprint density at radius 1 is 1.07 bits per heavy atom. The summed E-state index contributed by atoms with van der Waals surface area (Å²) in [5, 5.41) is 15.3. The van der Waals surface area contributed by atoms with Gasteiger partial charge in [0.15, 0.2) is 0 Å². The van der Waals surface area contributed by atoms with Crippen LogP contribution in [-0.4, -0.2) is 27.7 Å². The van der Waals surface area contributed by atoms with E-state index in [4.69, 9.17) is 21.6 Å². The second kappa shape index (κ2) is 9.51. The van der Waals surface area contributed by atoms with Crippen LogP contribution >= 0.6 is 24.0 Å². The first-order chi connectivity index (χ1) is 13.7.